The molecule has 96 valence electrons. The molecular formula is C14H16O3S. The van der Waals surface area contributed by atoms with E-state index in [-0.39, 0.29) is 12.2 Å². The predicted octanol–water partition coefficient (Wildman–Crippen LogP) is 2.69. The topological polar surface area (TPSA) is 46.7 Å². The Labute approximate surface area is 107 Å². The Morgan fingerprint density at radius 1 is 1.11 bits per heavy atom. The molecule has 1 aliphatic heterocycles. The van der Waals surface area contributed by atoms with Crippen molar-refractivity contribution in [3.8, 4) is 0 Å². The number of rotatable bonds is 2. The van der Waals surface area contributed by atoms with Gasteiger partial charge in [-0.15, -0.1) is 0 Å². The molecule has 0 saturated carbocycles. The van der Waals surface area contributed by atoms with Crippen LogP contribution in [-0.2, 0) is 14.6 Å². The molecule has 2 atom stereocenters. The van der Waals surface area contributed by atoms with Gasteiger partial charge in [0.25, 0.3) is 0 Å². The van der Waals surface area contributed by atoms with E-state index in [1.807, 2.05) is 12.1 Å². The van der Waals surface area contributed by atoms with Gasteiger partial charge in [0.2, 0.25) is 9.84 Å². The summed E-state index contributed by atoms with van der Waals surface area (Å²) in [5, 5.41) is 0. The van der Waals surface area contributed by atoms with Crippen LogP contribution in [0.5, 0.6) is 0 Å². The van der Waals surface area contributed by atoms with Gasteiger partial charge in [-0.2, -0.15) is 0 Å². The summed E-state index contributed by atoms with van der Waals surface area (Å²) in [6.07, 6.45) is 5.74. The van der Waals surface area contributed by atoms with Crippen molar-refractivity contribution >= 4 is 9.84 Å². The van der Waals surface area contributed by atoms with Crippen molar-refractivity contribution in [2.75, 3.05) is 0 Å². The van der Waals surface area contributed by atoms with Crippen molar-refractivity contribution in [2.45, 2.75) is 42.8 Å². The number of allylic oxidation sites excluding steroid dienone is 1. The smallest absolute Gasteiger partial charge is 0.205 e. The molecule has 0 amide bonds. The molecule has 0 spiro atoms. The van der Waals surface area contributed by atoms with Crippen molar-refractivity contribution in [1.82, 2.24) is 0 Å². The van der Waals surface area contributed by atoms with Crippen LogP contribution in [0.4, 0.5) is 0 Å². The first kappa shape index (κ1) is 11.9. The second-order valence-electron chi connectivity index (χ2n) is 4.80. The Kier molecular flexibility index (Phi) is 2.99. The maximum Gasteiger partial charge on any atom is 0.205 e. The summed E-state index contributed by atoms with van der Waals surface area (Å²) >= 11 is 0. The molecule has 0 bridgehead atoms. The normalized spacial score (nSPS) is 30.6. The third kappa shape index (κ3) is 2.10. The molecule has 1 aromatic rings. The van der Waals surface area contributed by atoms with Crippen LogP contribution in [0.1, 0.15) is 25.7 Å². The Morgan fingerprint density at radius 2 is 1.89 bits per heavy atom. The zero-order chi connectivity index (χ0) is 12.6. The van der Waals surface area contributed by atoms with Gasteiger partial charge >= 0.3 is 0 Å². The lowest BCUT2D eigenvalue weighted by atomic mass is 10.1. The summed E-state index contributed by atoms with van der Waals surface area (Å²) in [5.74, 6) is 0. The highest BCUT2D eigenvalue weighted by Crippen LogP contribution is 2.39. The molecule has 1 heterocycles. The van der Waals surface area contributed by atoms with Gasteiger partial charge in [0.1, 0.15) is 6.10 Å². The fraction of sp³-hybridized carbons (Fsp3) is 0.429. The summed E-state index contributed by atoms with van der Waals surface area (Å²) in [4.78, 5) is 0.837. The minimum Gasteiger partial charge on any atom is -0.364 e. The van der Waals surface area contributed by atoms with E-state index in [9.17, 15) is 8.42 Å². The Hall–Kier alpha value is -1.13. The number of sulfone groups is 1. The highest BCUT2D eigenvalue weighted by atomic mass is 32.2. The van der Waals surface area contributed by atoms with Gasteiger partial charge < -0.3 is 4.74 Å². The molecule has 2 unspecified atom stereocenters. The Morgan fingerprint density at radius 3 is 2.67 bits per heavy atom. The van der Waals surface area contributed by atoms with Crippen LogP contribution >= 0.6 is 0 Å². The first-order valence-corrected chi connectivity index (χ1v) is 7.83. The number of hydrogen-bond acceptors (Lipinski definition) is 3. The summed E-state index contributed by atoms with van der Waals surface area (Å²) in [7, 11) is -3.37. The second kappa shape index (κ2) is 4.52. The zero-order valence-electron chi connectivity index (χ0n) is 10.1. The second-order valence-corrected chi connectivity index (χ2v) is 6.75. The zero-order valence-corrected chi connectivity index (χ0v) is 10.9. The van der Waals surface area contributed by atoms with Gasteiger partial charge in [-0.25, -0.2) is 8.42 Å². The Balaban J connectivity index is 1.98. The highest BCUT2D eigenvalue weighted by Gasteiger charge is 2.46. The average molecular weight is 264 g/mol. The lowest BCUT2D eigenvalue weighted by molar-refractivity contribution is 0.374. The molecule has 1 aliphatic carbocycles. The van der Waals surface area contributed by atoms with Crippen molar-refractivity contribution in [3.05, 3.63) is 41.3 Å². The fourth-order valence-electron chi connectivity index (χ4n) is 2.46. The molecule has 3 rings (SSSR count). The average Bonchev–Trinajstić information content (AvgIpc) is 3.08. The molecule has 18 heavy (non-hydrogen) atoms. The van der Waals surface area contributed by atoms with Gasteiger partial charge in [0.15, 0.2) is 0 Å². The quantitative estimate of drug-likeness (QED) is 0.772. The lowest BCUT2D eigenvalue weighted by Gasteiger charge is -2.09. The molecule has 0 N–H and O–H groups in total. The van der Waals surface area contributed by atoms with Crippen molar-refractivity contribution in [2.24, 2.45) is 0 Å². The van der Waals surface area contributed by atoms with Crippen LogP contribution < -0.4 is 0 Å². The van der Waals surface area contributed by atoms with E-state index in [2.05, 4.69) is 0 Å². The van der Waals surface area contributed by atoms with Gasteiger partial charge in [0, 0.05) is 0 Å². The van der Waals surface area contributed by atoms with Crippen molar-refractivity contribution < 1.29 is 13.2 Å². The molecular weight excluding hydrogens is 248 g/mol. The maximum absolute atomic E-state index is 12.5. The number of hydrogen-bond donors (Lipinski definition) is 0. The van der Waals surface area contributed by atoms with Gasteiger partial charge in [-0.1, -0.05) is 30.7 Å². The molecule has 0 radical (unpaired) electrons. The van der Waals surface area contributed by atoms with E-state index in [0.29, 0.717) is 9.80 Å². The third-order valence-corrected chi connectivity index (χ3v) is 5.43. The van der Waals surface area contributed by atoms with Crippen LogP contribution in [0, 0.1) is 0 Å². The minimum absolute atomic E-state index is 0.120. The van der Waals surface area contributed by atoms with E-state index >= 15 is 0 Å². The number of ether oxygens (including phenoxy) is 1. The lowest BCUT2D eigenvalue weighted by Crippen LogP contribution is -2.13. The van der Waals surface area contributed by atoms with Gasteiger partial charge in [-0.05, 0) is 31.4 Å². The molecule has 1 fully saturated rings. The summed E-state index contributed by atoms with van der Waals surface area (Å²) in [6, 6.07) is 8.61. The van der Waals surface area contributed by atoms with Crippen LogP contribution in [-0.4, -0.2) is 20.6 Å². The molecule has 4 heteroatoms. The summed E-state index contributed by atoms with van der Waals surface area (Å²) in [6.45, 7) is 0. The van der Waals surface area contributed by atoms with Gasteiger partial charge in [-0.3, -0.25) is 0 Å². The summed E-state index contributed by atoms with van der Waals surface area (Å²) in [5.41, 5.74) is 0. The third-order valence-electron chi connectivity index (χ3n) is 3.51. The van der Waals surface area contributed by atoms with E-state index in [0.717, 1.165) is 25.7 Å². The molecule has 0 aromatic heterocycles. The van der Waals surface area contributed by atoms with E-state index in [1.54, 1.807) is 24.3 Å². The first-order chi connectivity index (χ1) is 8.69. The SMILES string of the molecule is O=S(=O)(/C1=C/CCCCC2OC12)c1ccccc1. The highest BCUT2D eigenvalue weighted by molar-refractivity contribution is 7.95. The first-order valence-electron chi connectivity index (χ1n) is 6.35. The van der Waals surface area contributed by atoms with Crippen LogP contribution in [0.2, 0.25) is 0 Å². The van der Waals surface area contributed by atoms with E-state index in [4.69, 9.17) is 4.74 Å². The molecule has 1 saturated heterocycles. The van der Waals surface area contributed by atoms with Crippen molar-refractivity contribution in [1.29, 1.82) is 0 Å². The largest absolute Gasteiger partial charge is 0.364 e. The fourth-order valence-corrected chi connectivity index (χ4v) is 4.10. The maximum atomic E-state index is 12.5. The van der Waals surface area contributed by atoms with Crippen LogP contribution in [0.15, 0.2) is 46.2 Å². The predicted molar refractivity (Wildman–Crippen MR) is 68.8 cm³/mol. The molecule has 2 aliphatic rings. The van der Waals surface area contributed by atoms with Crippen LogP contribution in [0.3, 0.4) is 0 Å². The van der Waals surface area contributed by atoms with E-state index in [1.165, 1.54) is 0 Å². The minimum atomic E-state index is -3.37. The summed E-state index contributed by atoms with van der Waals surface area (Å²) < 4.78 is 30.6. The standard InChI is InChI=1S/C14H16O3S/c15-18(16,11-7-3-1-4-8-11)13-10-6-2-5-9-12-14(13)17-12/h1,3-4,7-8,10,12,14H,2,5-6,9H2/b13-10+. The Bertz CT molecular complexity index is 560. The van der Waals surface area contributed by atoms with E-state index < -0.39 is 9.84 Å². The van der Waals surface area contributed by atoms with Gasteiger partial charge in [0.05, 0.1) is 15.9 Å². The monoisotopic (exact) mass is 264 g/mol. The molecule has 1 aromatic carbocycles. The molecule has 3 nitrogen and oxygen atoms in total. The number of benzene rings is 1. The number of epoxide rings is 1. The van der Waals surface area contributed by atoms with Crippen molar-refractivity contribution in [3.63, 3.8) is 0 Å². The number of fused-ring (bicyclic) bond motifs is 1. The van der Waals surface area contributed by atoms with Crippen LogP contribution in [0.25, 0.3) is 0 Å².